The lowest BCUT2D eigenvalue weighted by Crippen LogP contribution is -2.60. The Morgan fingerprint density at radius 2 is 1.02 bits per heavy atom. The molecule has 0 saturated carbocycles. The van der Waals surface area contributed by atoms with Crippen LogP contribution in [0.25, 0.3) is 0 Å². The largest absolute Gasteiger partial charge is 0.480 e. The van der Waals surface area contributed by atoms with Gasteiger partial charge in [0.05, 0.1) is 12.6 Å². The van der Waals surface area contributed by atoms with Gasteiger partial charge in [0.15, 0.2) is 0 Å². The summed E-state index contributed by atoms with van der Waals surface area (Å²) in [7, 11) is 0. The topological polar surface area (TPSA) is 255 Å². The molecule has 266 valence electrons. The molecule has 6 atom stereocenters. The van der Waals surface area contributed by atoms with E-state index < -0.39 is 78.4 Å². The fraction of sp³-hybridized carbons (Fsp3) is 0.800. The minimum absolute atomic E-state index is 0.0470. The van der Waals surface area contributed by atoms with Crippen molar-refractivity contribution < 1.29 is 39.0 Å². The predicted octanol–water partition coefficient (Wildman–Crippen LogP) is -0.988. The van der Waals surface area contributed by atoms with Crippen LogP contribution in [0.5, 0.6) is 0 Å². The number of carbonyl (C=O) groups excluding carboxylic acids is 5. The minimum atomic E-state index is -1.48. The molecule has 11 N–H and O–H groups in total. The zero-order valence-corrected chi connectivity index (χ0v) is 28.9. The third kappa shape index (κ3) is 17.1. The maximum Gasteiger partial charge on any atom is 0.326 e. The average Bonchev–Trinajstić information content (AvgIpc) is 2.95. The summed E-state index contributed by atoms with van der Waals surface area (Å²) < 4.78 is 0. The molecule has 0 saturated heterocycles. The monoisotopic (exact) mass is 675 g/mol. The molecule has 0 aliphatic heterocycles. The van der Waals surface area contributed by atoms with E-state index in [1.54, 1.807) is 13.8 Å². The highest BCUT2D eigenvalue weighted by Gasteiger charge is 2.33. The summed E-state index contributed by atoms with van der Waals surface area (Å²) in [5, 5.41) is 31.9. The first-order valence-electron chi connectivity index (χ1n) is 15.9. The van der Waals surface area contributed by atoms with E-state index >= 15 is 0 Å². The van der Waals surface area contributed by atoms with E-state index in [0.29, 0.717) is 25.8 Å². The van der Waals surface area contributed by atoms with E-state index in [9.17, 15) is 39.0 Å². The van der Waals surface area contributed by atoms with Crippen molar-refractivity contribution in [3.63, 3.8) is 0 Å². The van der Waals surface area contributed by atoms with Gasteiger partial charge >= 0.3 is 5.97 Å². The van der Waals surface area contributed by atoms with Gasteiger partial charge in [-0.15, -0.1) is 0 Å². The highest BCUT2D eigenvalue weighted by atomic mass is 32.1. The molecule has 0 radical (unpaired) electrons. The Morgan fingerprint density at radius 1 is 0.609 bits per heavy atom. The van der Waals surface area contributed by atoms with Gasteiger partial charge < -0.3 is 48.3 Å². The van der Waals surface area contributed by atoms with Crippen LogP contribution in [0.1, 0.15) is 80.1 Å². The Balaban J connectivity index is 5.83. The van der Waals surface area contributed by atoms with Crippen LogP contribution in [0, 0.1) is 17.8 Å². The molecule has 5 amide bonds. The van der Waals surface area contributed by atoms with Gasteiger partial charge in [0.2, 0.25) is 29.5 Å². The highest BCUT2D eigenvalue weighted by molar-refractivity contribution is 7.80. The Kier molecular flexibility index (Phi) is 21.1. The summed E-state index contributed by atoms with van der Waals surface area (Å²) in [6.07, 6.45) is 1.91. The van der Waals surface area contributed by atoms with Gasteiger partial charge in [0.25, 0.3) is 0 Å². The molecule has 0 aromatic heterocycles. The fourth-order valence-corrected chi connectivity index (χ4v) is 4.79. The number of carboxylic acid groups (broad SMARTS) is 1. The third-order valence-electron chi connectivity index (χ3n) is 6.93. The summed E-state index contributed by atoms with van der Waals surface area (Å²) in [5.41, 5.74) is 11.6. The Hall–Kier alpha value is -2.95. The van der Waals surface area contributed by atoms with E-state index in [-0.39, 0.29) is 42.8 Å². The normalized spacial score (nSPS) is 15.3. The molecule has 0 aromatic carbocycles. The molecule has 0 fully saturated rings. The number of amides is 5. The second kappa shape index (κ2) is 22.6. The molecule has 0 bridgehead atoms. The van der Waals surface area contributed by atoms with Crippen LogP contribution >= 0.6 is 12.6 Å². The number of hydrogen-bond donors (Lipinski definition) is 10. The summed E-state index contributed by atoms with van der Waals surface area (Å²) in [6, 6.07) is -6.88. The first-order chi connectivity index (χ1) is 21.5. The molecular formula is C30H57N7O8S. The van der Waals surface area contributed by atoms with Crippen LogP contribution in [-0.2, 0) is 28.8 Å². The predicted molar refractivity (Wildman–Crippen MR) is 177 cm³/mol. The molecular weight excluding hydrogens is 618 g/mol. The SMILES string of the molecule is CC(C)CC(N)C(=O)NC(CS)C(=O)NC(CCCCN)C(=O)NC(CC(C)C)C(=O)NC(CO)C(=O)NC(CC(C)C)C(=O)O. The van der Waals surface area contributed by atoms with Crippen LogP contribution in [-0.4, -0.2) is 101 Å². The summed E-state index contributed by atoms with van der Waals surface area (Å²) in [4.78, 5) is 76.8. The number of thiol groups is 1. The number of nitrogens with two attached hydrogens (primary N) is 2. The standard InChI is InChI=1S/C30H57N7O8S/c1-16(2)11-19(32)25(39)37-24(15-46)29(43)33-20(9-7-8-10-31)26(40)34-21(12-17(3)4)27(41)36-23(14-38)28(42)35-22(30(44)45)13-18(5)6/h16-24,38,46H,7-15,31-32H2,1-6H3,(H,33,43)(H,34,40)(H,35,42)(H,36,41)(H,37,39)(H,44,45). The number of aliphatic carboxylic acids is 1. The van der Waals surface area contributed by atoms with Gasteiger partial charge in [0.1, 0.15) is 30.2 Å². The number of aliphatic hydroxyl groups excluding tert-OH is 1. The van der Waals surface area contributed by atoms with Gasteiger partial charge in [-0.25, -0.2) is 4.79 Å². The van der Waals surface area contributed by atoms with E-state index in [1.807, 2.05) is 27.7 Å². The van der Waals surface area contributed by atoms with Gasteiger partial charge in [-0.05, 0) is 62.8 Å². The molecule has 46 heavy (non-hydrogen) atoms. The number of unbranched alkanes of at least 4 members (excludes halogenated alkanes) is 1. The summed E-state index contributed by atoms with van der Waals surface area (Å²) in [6.45, 7) is 10.6. The van der Waals surface area contributed by atoms with Gasteiger partial charge in [-0.2, -0.15) is 12.6 Å². The molecule has 0 aromatic rings. The highest BCUT2D eigenvalue weighted by Crippen LogP contribution is 2.10. The number of aliphatic hydroxyl groups is 1. The van der Waals surface area contributed by atoms with Gasteiger partial charge in [-0.1, -0.05) is 41.5 Å². The lowest BCUT2D eigenvalue weighted by atomic mass is 10.0. The van der Waals surface area contributed by atoms with Gasteiger partial charge in [-0.3, -0.25) is 24.0 Å². The van der Waals surface area contributed by atoms with Crippen molar-refractivity contribution in [2.24, 2.45) is 29.2 Å². The van der Waals surface area contributed by atoms with Crippen molar-refractivity contribution in [1.29, 1.82) is 0 Å². The molecule has 16 heteroatoms. The van der Waals surface area contributed by atoms with Crippen LogP contribution in [0.4, 0.5) is 0 Å². The Labute approximate surface area is 277 Å². The lowest BCUT2D eigenvalue weighted by molar-refractivity contribution is -0.143. The Morgan fingerprint density at radius 3 is 1.50 bits per heavy atom. The quantitative estimate of drug-likeness (QED) is 0.0467. The molecule has 0 rings (SSSR count). The number of carboxylic acids is 1. The zero-order valence-electron chi connectivity index (χ0n) is 28.0. The second-order valence-electron chi connectivity index (χ2n) is 12.8. The Bertz CT molecular complexity index is 998. The molecule has 0 spiro atoms. The van der Waals surface area contributed by atoms with Crippen molar-refractivity contribution in [1.82, 2.24) is 26.6 Å². The van der Waals surface area contributed by atoms with Crippen molar-refractivity contribution in [2.45, 2.75) is 116 Å². The minimum Gasteiger partial charge on any atom is -0.480 e. The second-order valence-corrected chi connectivity index (χ2v) is 13.2. The maximum atomic E-state index is 13.5. The van der Waals surface area contributed by atoms with E-state index in [4.69, 9.17) is 11.5 Å². The summed E-state index contributed by atoms with van der Waals surface area (Å²) in [5.74, 6) is -4.84. The fourth-order valence-electron chi connectivity index (χ4n) is 4.53. The van der Waals surface area contributed by atoms with Crippen LogP contribution in [0.3, 0.4) is 0 Å². The van der Waals surface area contributed by atoms with Crippen molar-refractivity contribution >= 4 is 48.1 Å². The smallest absolute Gasteiger partial charge is 0.326 e. The lowest BCUT2D eigenvalue weighted by Gasteiger charge is -2.27. The van der Waals surface area contributed by atoms with Crippen LogP contribution < -0.4 is 38.1 Å². The number of rotatable bonds is 23. The average molecular weight is 676 g/mol. The number of carbonyl (C=O) groups is 6. The number of nitrogens with one attached hydrogen (secondary N) is 5. The van der Waals surface area contributed by atoms with E-state index in [1.165, 1.54) is 0 Å². The molecule has 0 heterocycles. The number of hydrogen-bond acceptors (Lipinski definition) is 10. The van der Waals surface area contributed by atoms with Crippen LogP contribution in [0.15, 0.2) is 0 Å². The van der Waals surface area contributed by atoms with Crippen molar-refractivity contribution in [3.8, 4) is 0 Å². The molecule has 6 unspecified atom stereocenters. The third-order valence-corrected chi connectivity index (χ3v) is 7.30. The molecule has 15 nitrogen and oxygen atoms in total. The van der Waals surface area contributed by atoms with E-state index in [2.05, 4.69) is 39.2 Å². The van der Waals surface area contributed by atoms with Crippen molar-refractivity contribution in [2.75, 3.05) is 18.9 Å². The molecule has 0 aliphatic rings. The van der Waals surface area contributed by atoms with Gasteiger partial charge in [0, 0.05) is 5.75 Å². The zero-order chi connectivity index (χ0) is 35.6. The van der Waals surface area contributed by atoms with E-state index in [0.717, 1.165) is 0 Å². The van der Waals surface area contributed by atoms with Crippen LogP contribution in [0.2, 0.25) is 0 Å². The first kappa shape index (κ1) is 43.0. The maximum absolute atomic E-state index is 13.5. The first-order valence-corrected chi connectivity index (χ1v) is 16.5. The summed E-state index contributed by atoms with van der Waals surface area (Å²) >= 11 is 4.18. The molecule has 0 aliphatic carbocycles. The van der Waals surface area contributed by atoms with Crippen molar-refractivity contribution in [3.05, 3.63) is 0 Å².